The highest BCUT2D eigenvalue weighted by Gasteiger charge is 2.31. The molecular formula is C38H40N8O7S. The summed E-state index contributed by atoms with van der Waals surface area (Å²) in [5.41, 5.74) is 5.27. The van der Waals surface area contributed by atoms with Crippen LogP contribution >= 0.6 is 0 Å². The molecule has 2 aliphatic heterocycles. The summed E-state index contributed by atoms with van der Waals surface area (Å²) in [5, 5.41) is 9.57. The second-order valence-electron chi connectivity index (χ2n) is 12.8. The molecule has 7 rings (SSSR count). The average molecular weight is 753 g/mol. The third kappa shape index (κ3) is 7.84. The van der Waals surface area contributed by atoms with Crippen LogP contribution in [0, 0.1) is 0 Å². The molecule has 1 N–H and O–H groups in total. The van der Waals surface area contributed by atoms with Gasteiger partial charge in [-0.15, -0.1) is 0 Å². The Morgan fingerprint density at radius 3 is 1.93 bits per heavy atom. The molecule has 4 heterocycles. The molecule has 1 fully saturated rings. The summed E-state index contributed by atoms with van der Waals surface area (Å²) in [5.74, 6) is 3.37. The van der Waals surface area contributed by atoms with Gasteiger partial charge in [-0.2, -0.15) is 9.29 Å². The summed E-state index contributed by atoms with van der Waals surface area (Å²) in [6, 6.07) is 22.2. The number of fused-ring (bicyclic) bond motifs is 1. The summed E-state index contributed by atoms with van der Waals surface area (Å²) < 4.78 is 41.0. The van der Waals surface area contributed by atoms with Gasteiger partial charge >= 0.3 is 6.09 Å². The molecule has 1 amide bonds. The molecule has 1 saturated heterocycles. The third-order valence-electron chi connectivity index (χ3n) is 9.27. The molecule has 0 spiro atoms. The van der Waals surface area contributed by atoms with Crippen LogP contribution in [-0.4, -0.2) is 92.9 Å². The minimum atomic E-state index is -4.04. The predicted octanol–water partition coefficient (Wildman–Crippen LogP) is 5.13. The summed E-state index contributed by atoms with van der Waals surface area (Å²) in [4.78, 5) is 37.8. The Labute approximate surface area is 313 Å². The van der Waals surface area contributed by atoms with E-state index in [2.05, 4.69) is 9.80 Å². The van der Waals surface area contributed by atoms with Crippen LogP contribution in [0.2, 0.25) is 0 Å². The van der Waals surface area contributed by atoms with Crippen molar-refractivity contribution >= 4 is 45.2 Å². The van der Waals surface area contributed by atoms with E-state index in [4.69, 9.17) is 34.1 Å². The molecule has 0 unspecified atom stereocenters. The fourth-order valence-corrected chi connectivity index (χ4v) is 7.35. The van der Waals surface area contributed by atoms with Crippen molar-refractivity contribution in [1.29, 1.82) is 0 Å². The van der Waals surface area contributed by atoms with Crippen molar-refractivity contribution in [1.82, 2.24) is 19.9 Å². The molecule has 0 atom stereocenters. The maximum absolute atomic E-state index is 12.2. The highest BCUT2D eigenvalue weighted by molar-refractivity contribution is 7.92. The van der Waals surface area contributed by atoms with Gasteiger partial charge in [-0.3, -0.25) is 0 Å². The van der Waals surface area contributed by atoms with Crippen molar-refractivity contribution in [2.75, 3.05) is 72.3 Å². The number of morpholine rings is 1. The Morgan fingerprint density at radius 2 is 1.41 bits per heavy atom. The lowest BCUT2D eigenvalue weighted by Crippen LogP contribution is -2.37. The Hall–Kier alpha value is -6.00. The van der Waals surface area contributed by atoms with Gasteiger partial charge in [-0.25, -0.2) is 28.2 Å². The molecule has 0 radical (unpaired) electrons. The fourth-order valence-electron chi connectivity index (χ4n) is 6.56. The lowest BCUT2D eigenvalue weighted by molar-refractivity contribution is 0.122. The number of sulfonamides is 1. The van der Waals surface area contributed by atoms with Gasteiger partial charge in [0.2, 0.25) is 21.9 Å². The molecule has 0 aliphatic carbocycles. The number of amides is 1. The Bertz CT molecular complexity index is 2150. The van der Waals surface area contributed by atoms with Gasteiger partial charge in [-0.05, 0) is 66.1 Å². The number of rotatable bonds is 12. The van der Waals surface area contributed by atoms with Gasteiger partial charge < -0.3 is 34.0 Å². The SMILES string of the molecule is COc1ccc(CN(Cc2ccc(OC)cc2)c2ncc(-c3nc(N4CCOCC4)nc4c3CCN4c3ccc(N(C(=O)O)S(C)(=O)=O)cc3)cn2)cc1. The second kappa shape index (κ2) is 15.5. The number of nitrogens with zero attached hydrogens (tertiary/aromatic N) is 8. The normalized spacial score (nSPS) is 14.1. The molecule has 54 heavy (non-hydrogen) atoms. The van der Waals surface area contributed by atoms with E-state index in [0.29, 0.717) is 74.4 Å². The van der Waals surface area contributed by atoms with E-state index in [0.717, 1.165) is 51.4 Å². The van der Waals surface area contributed by atoms with Crippen LogP contribution in [-0.2, 0) is 34.3 Å². The van der Waals surface area contributed by atoms with Crippen LogP contribution in [0.3, 0.4) is 0 Å². The van der Waals surface area contributed by atoms with Crippen LogP contribution in [0.15, 0.2) is 85.2 Å². The van der Waals surface area contributed by atoms with E-state index in [1.165, 1.54) is 12.1 Å². The van der Waals surface area contributed by atoms with E-state index in [1.807, 2.05) is 53.4 Å². The number of ether oxygens (including phenoxy) is 3. The van der Waals surface area contributed by atoms with Crippen LogP contribution in [0.5, 0.6) is 11.5 Å². The van der Waals surface area contributed by atoms with Gasteiger partial charge in [0, 0.05) is 61.9 Å². The molecule has 3 aromatic carbocycles. The van der Waals surface area contributed by atoms with Crippen LogP contribution in [0.4, 0.5) is 33.9 Å². The number of hydrogen-bond donors (Lipinski definition) is 1. The van der Waals surface area contributed by atoms with E-state index < -0.39 is 16.1 Å². The molecular weight excluding hydrogens is 713 g/mol. The lowest BCUT2D eigenvalue weighted by Gasteiger charge is -2.28. The number of hydrogen-bond acceptors (Lipinski definition) is 13. The zero-order valence-electron chi connectivity index (χ0n) is 30.1. The first-order valence-electron chi connectivity index (χ1n) is 17.3. The van der Waals surface area contributed by atoms with Gasteiger partial charge in [-0.1, -0.05) is 24.3 Å². The molecule has 0 bridgehead atoms. The van der Waals surface area contributed by atoms with Crippen LogP contribution in [0.25, 0.3) is 11.3 Å². The maximum atomic E-state index is 12.2. The highest BCUT2D eigenvalue weighted by atomic mass is 32.2. The van der Waals surface area contributed by atoms with E-state index >= 15 is 0 Å². The fraction of sp³-hybridized carbons (Fsp3) is 0.289. The molecule has 5 aromatic rings. The smallest absolute Gasteiger partial charge is 0.425 e. The Kier molecular flexibility index (Phi) is 10.5. The minimum absolute atomic E-state index is 0.0239. The van der Waals surface area contributed by atoms with Crippen molar-refractivity contribution in [3.63, 3.8) is 0 Å². The number of aromatic nitrogens is 4. The number of carbonyl (C=O) groups is 1. The van der Waals surface area contributed by atoms with Crippen LogP contribution < -0.4 is 28.5 Å². The number of methoxy groups -OCH3 is 2. The minimum Gasteiger partial charge on any atom is -0.497 e. The lowest BCUT2D eigenvalue weighted by atomic mass is 10.1. The summed E-state index contributed by atoms with van der Waals surface area (Å²) in [6.45, 7) is 4.06. The topological polar surface area (TPSA) is 164 Å². The Balaban J connectivity index is 1.23. The first-order valence-corrected chi connectivity index (χ1v) is 19.1. The van der Waals surface area contributed by atoms with E-state index in [9.17, 15) is 18.3 Å². The summed E-state index contributed by atoms with van der Waals surface area (Å²) in [6.07, 6.45) is 3.50. The summed E-state index contributed by atoms with van der Waals surface area (Å²) in [7, 11) is -0.748. The Morgan fingerprint density at radius 1 is 0.833 bits per heavy atom. The number of carboxylic acid groups (broad SMARTS) is 1. The highest BCUT2D eigenvalue weighted by Crippen LogP contribution is 2.40. The largest absolute Gasteiger partial charge is 0.497 e. The number of anilines is 5. The third-order valence-corrected chi connectivity index (χ3v) is 10.3. The van der Waals surface area contributed by atoms with Crippen LogP contribution in [0.1, 0.15) is 16.7 Å². The first kappa shape index (κ1) is 36.4. The molecule has 2 aliphatic rings. The first-order chi connectivity index (χ1) is 26.1. The average Bonchev–Trinajstić information content (AvgIpc) is 3.62. The van der Waals surface area contributed by atoms with Crippen molar-refractivity contribution in [3.05, 3.63) is 102 Å². The second-order valence-corrected chi connectivity index (χ2v) is 14.7. The van der Waals surface area contributed by atoms with Crippen molar-refractivity contribution in [3.8, 4) is 22.8 Å². The van der Waals surface area contributed by atoms with Gasteiger partial charge in [0.15, 0.2) is 0 Å². The van der Waals surface area contributed by atoms with Crippen molar-refractivity contribution in [2.45, 2.75) is 19.5 Å². The van der Waals surface area contributed by atoms with Gasteiger partial charge in [0.25, 0.3) is 0 Å². The summed E-state index contributed by atoms with van der Waals surface area (Å²) >= 11 is 0. The van der Waals surface area contributed by atoms with E-state index in [1.54, 1.807) is 38.7 Å². The number of benzene rings is 3. The zero-order valence-corrected chi connectivity index (χ0v) is 30.9. The molecule has 280 valence electrons. The molecule has 16 heteroatoms. The quantitative estimate of drug-likeness (QED) is 0.178. The molecule has 0 saturated carbocycles. The van der Waals surface area contributed by atoms with Gasteiger partial charge in [0.05, 0.1) is 45.1 Å². The predicted molar refractivity (Wildman–Crippen MR) is 204 cm³/mol. The monoisotopic (exact) mass is 752 g/mol. The molecule has 15 nitrogen and oxygen atoms in total. The van der Waals surface area contributed by atoms with Gasteiger partial charge in [0.1, 0.15) is 17.3 Å². The maximum Gasteiger partial charge on any atom is 0.425 e. The zero-order chi connectivity index (χ0) is 37.8. The van der Waals surface area contributed by atoms with Crippen molar-refractivity contribution < 1.29 is 32.5 Å². The van der Waals surface area contributed by atoms with Crippen molar-refractivity contribution in [2.24, 2.45) is 0 Å². The van der Waals surface area contributed by atoms with E-state index in [-0.39, 0.29) is 5.69 Å². The standard InChI is InChI=1S/C38H40N8O7S/c1-51-31-12-4-26(5-13-31)24-44(25-27-6-14-32(52-2)15-7-27)36-39-22-28(23-40-36)34-33-16-17-45(35(33)42-37(41-34)43-18-20-53-21-19-43)29-8-10-30(11-9-29)46(38(47)48)54(3,49)50/h4-15,22-23H,16-21,24-25H2,1-3H3,(H,47,48). The molecule has 2 aromatic heterocycles.